The van der Waals surface area contributed by atoms with Crippen LogP contribution >= 0.6 is 0 Å². The van der Waals surface area contributed by atoms with Crippen molar-refractivity contribution >= 4 is 5.91 Å². The number of primary amides is 1. The lowest BCUT2D eigenvalue weighted by Crippen LogP contribution is -2.45. The molecule has 5 N–H and O–H groups in total. The van der Waals surface area contributed by atoms with Crippen LogP contribution in [0.4, 0.5) is 0 Å². The molecular formula is C22H39N3O5. The fourth-order valence-corrected chi connectivity index (χ4v) is 3.10. The molecule has 30 heavy (non-hydrogen) atoms. The van der Waals surface area contributed by atoms with Crippen LogP contribution in [0.2, 0.25) is 0 Å². The van der Waals surface area contributed by atoms with Crippen LogP contribution in [0.1, 0.15) is 38.7 Å². The van der Waals surface area contributed by atoms with Gasteiger partial charge in [-0.05, 0) is 36.5 Å². The predicted molar refractivity (Wildman–Crippen MR) is 118 cm³/mol. The normalized spacial score (nSPS) is 13.5. The number of aliphatic hydroxyl groups is 1. The third kappa shape index (κ3) is 10.2. The van der Waals surface area contributed by atoms with E-state index in [0.29, 0.717) is 37.2 Å². The highest BCUT2D eigenvalue weighted by molar-refractivity contribution is 5.75. The van der Waals surface area contributed by atoms with Gasteiger partial charge >= 0.3 is 0 Å². The second kappa shape index (κ2) is 14.2. The summed E-state index contributed by atoms with van der Waals surface area (Å²) < 4.78 is 16.2. The number of hydrogen-bond acceptors (Lipinski definition) is 7. The van der Waals surface area contributed by atoms with Gasteiger partial charge in [-0.1, -0.05) is 19.9 Å². The summed E-state index contributed by atoms with van der Waals surface area (Å²) in [5, 5.41) is 10.5. The summed E-state index contributed by atoms with van der Waals surface area (Å²) in [6.07, 6.45) is 1.69. The zero-order chi connectivity index (χ0) is 22.5. The van der Waals surface area contributed by atoms with Gasteiger partial charge in [-0.2, -0.15) is 0 Å². The van der Waals surface area contributed by atoms with Crippen molar-refractivity contribution in [2.24, 2.45) is 17.4 Å². The maximum absolute atomic E-state index is 11.5. The molecule has 1 aromatic rings. The number of carbonyl (C=O) groups excluding carboxylic acids is 1. The summed E-state index contributed by atoms with van der Waals surface area (Å²) in [4.78, 5) is 13.4. The Kier molecular flexibility index (Phi) is 12.4. The standard InChI is InChI=1S/C22H39N3O5/c1-16(2)6-8-18(23)19(26)14-25(15-22(24)27)13-17-7-9-20(29-4)21(12-17)30-11-5-10-28-3/h7,9,12,16,18-19,26H,5-6,8,10-11,13-15,23H2,1-4H3,(H2,24,27)/t18-,19-/m0/s1. The highest BCUT2D eigenvalue weighted by Crippen LogP contribution is 2.28. The van der Waals surface area contributed by atoms with Crippen LogP contribution in [0.25, 0.3) is 0 Å². The number of benzene rings is 1. The molecule has 0 aliphatic carbocycles. The Morgan fingerprint density at radius 2 is 1.90 bits per heavy atom. The molecule has 0 saturated carbocycles. The van der Waals surface area contributed by atoms with Gasteiger partial charge in [-0.3, -0.25) is 9.69 Å². The summed E-state index contributed by atoms with van der Waals surface area (Å²) in [5.41, 5.74) is 12.5. The third-order valence-corrected chi connectivity index (χ3v) is 4.78. The highest BCUT2D eigenvalue weighted by Gasteiger charge is 2.20. The molecule has 0 saturated heterocycles. The fourth-order valence-electron chi connectivity index (χ4n) is 3.10. The van der Waals surface area contributed by atoms with Crippen LogP contribution in [-0.4, -0.2) is 68.6 Å². The van der Waals surface area contributed by atoms with Crippen LogP contribution in [0.3, 0.4) is 0 Å². The molecule has 0 fully saturated rings. The third-order valence-electron chi connectivity index (χ3n) is 4.78. The molecule has 0 aliphatic heterocycles. The first-order valence-corrected chi connectivity index (χ1v) is 10.5. The zero-order valence-corrected chi connectivity index (χ0v) is 18.8. The van der Waals surface area contributed by atoms with Gasteiger partial charge < -0.3 is 30.8 Å². The molecule has 172 valence electrons. The highest BCUT2D eigenvalue weighted by atomic mass is 16.5. The van der Waals surface area contributed by atoms with E-state index in [-0.39, 0.29) is 19.1 Å². The average Bonchev–Trinajstić information content (AvgIpc) is 2.69. The molecule has 8 heteroatoms. The van der Waals surface area contributed by atoms with E-state index in [4.69, 9.17) is 25.7 Å². The topological polar surface area (TPSA) is 120 Å². The maximum atomic E-state index is 11.5. The van der Waals surface area contributed by atoms with E-state index < -0.39 is 12.0 Å². The lowest BCUT2D eigenvalue weighted by atomic mass is 10.00. The molecular weight excluding hydrogens is 386 g/mol. The summed E-state index contributed by atoms with van der Waals surface area (Å²) in [6, 6.07) is 5.26. The number of rotatable bonds is 16. The lowest BCUT2D eigenvalue weighted by Gasteiger charge is -2.27. The van der Waals surface area contributed by atoms with E-state index in [0.717, 1.165) is 24.8 Å². The van der Waals surface area contributed by atoms with Crippen LogP contribution < -0.4 is 20.9 Å². The number of nitrogens with zero attached hydrogens (tertiary/aromatic N) is 1. The van der Waals surface area contributed by atoms with Gasteiger partial charge in [0.1, 0.15) is 0 Å². The maximum Gasteiger partial charge on any atom is 0.231 e. The molecule has 8 nitrogen and oxygen atoms in total. The predicted octanol–water partition coefficient (Wildman–Crippen LogP) is 1.52. The first kappa shape index (κ1) is 26.2. The number of amides is 1. The van der Waals surface area contributed by atoms with E-state index in [1.165, 1.54) is 0 Å². The summed E-state index contributed by atoms with van der Waals surface area (Å²) in [7, 11) is 3.24. The number of nitrogens with two attached hydrogens (primary N) is 2. The van der Waals surface area contributed by atoms with Crippen LogP contribution in [0.15, 0.2) is 18.2 Å². The van der Waals surface area contributed by atoms with Crippen molar-refractivity contribution in [2.45, 2.75) is 51.8 Å². The van der Waals surface area contributed by atoms with Crippen molar-refractivity contribution in [2.75, 3.05) is 40.5 Å². The van der Waals surface area contributed by atoms with Gasteiger partial charge in [0, 0.05) is 39.3 Å². The summed E-state index contributed by atoms with van der Waals surface area (Å²) in [6.45, 7) is 6.08. The van der Waals surface area contributed by atoms with Gasteiger partial charge in [-0.15, -0.1) is 0 Å². The number of hydrogen-bond donors (Lipinski definition) is 3. The lowest BCUT2D eigenvalue weighted by molar-refractivity contribution is -0.119. The summed E-state index contributed by atoms with van der Waals surface area (Å²) in [5.74, 6) is 1.32. The smallest absolute Gasteiger partial charge is 0.231 e. The molecule has 1 amide bonds. The van der Waals surface area contributed by atoms with E-state index >= 15 is 0 Å². The Morgan fingerprint density at radius 1 is 1.17 bits per heavy atom. The van der Waals surface area contributed by atoms with Crippen LogP contribution in [0.5, 0.6) is 11.5 Å². The van der Waals surface area contributed by atoms with Gasteiger partial charge in [0.2, 0.25) is 5.91 Å². The van der Waals surface area contributed by atoms with Crippen molar-refractivity contribution in [1.29, 1.82) is 0 Å². The minimum atomic E-state index is -0.744. The number of aliphatic hydroxyl groups excluding tert-OH is 1. The molecule has 0 aliphatic rings. The minimum absolute atomic E-state index is 0.0318. The molecule has 0 unspecified atom stereocenters. The van der Waals surface area contributed by atoms with Gasteiger partial charge in [0.25, 0.3) is 0 Å². The Balaban J connectivity index is 2.81. The Morgan fingerprint density at radius 3 is 2.50 bits per heavy atom. The van der Waals surface area contributed by atoms with Crippen molar-refractivity contribution < 1.29 is 24.1 Å². The molecule has 0 radical (unpaired) electrons. The Hall–Kier alpha value is -1.87. The van der Waals surface area contributed by atoms with E-state index in [1.54, 1.807) is 19.1 Å². The molecule has 2 atom stereocenters. The molecule has 1 aromatic carbocycles. The van der Waals surface area contributed by atoms with Crippen molar-refractivity contribution in [1.82, 2.24) is 4.90 Å². The van der Waals surface area contributed by atoms with Crippen molar-refractivity contribution in [3.63, 3.8) is 0 Å². The molecule has 1 rings (SSSR count). The number of carbonyl (C=O) groups is 1. The van der Waals surface area contributed by atoms with Gasteiger partial charge in [0.15, 0.2) is 11.5 Å². The monoisotopic (exact) mass is 425 g/mol. The van der Waals surface area contributed by atoms with Gasteiger partial charge in [-0.25, -0.2) is 0 Å². The average molecular weight is 426 g/mol. The Bertz CT molecular complexity index is 627. The molecule has 0 bridgehead atoms. The summed E-state index contributed by atoms with van der Waals surface area (Å²) >= 11 is 0. The number of ether oxygens (including phenoxy) is 3. The molecule has 0 spiro atoms. The second-order valence-electron chi connectivity index (χ2n) is 8.02. The first-order chi connectivity index (χ1) is 14.3. The van der Waals surface area contributed by atoms with E-state index in [2.05, 4.69) is 13.8 Å². The zero-order valence-electron chi connectivity index (χ0n) is 18.8. The fraction of sp³-hybridized carbons (Fsp3) is 0.682. The first-order valence-electron chi connectivity index (χ1n) is 10.5. The van der Waals surface area contributed by atoms with E-state index in [1.807, 2.05) is 18.2 Å². The van der Waals surface area contributed by atoms with Crippen molar-refractivity contribution in [3.8, 4) is 11.5 Å². The molecule has 0 aromatic heterocycles. The molecule has 0 heterocycles. The van der Waals surface area contributed by atoms with Gasteiger partial charge in [0.05, 0.1) is 26.4 Å². The second-order valence-corrected chi connectivity index (χ2v) is 8.02. The SMILES string of the molecule is COCCCOc1cc(CN(CC(N)=O)C[C@H](O)[C@@H](N)CCC(C)C)ccc1OC. The van der Waals surface area contributed by atoms with Crippen molar-refractivity contribution in [3.05, 3.63) is 23.8 Å². The van der Waals surface area contributed by atoms with E-state index in [9.17, 15) is 9.90 Å². The van der Waals surface area contributed by atoms with Crippen LogP contribution in [-0.2, 0) is 16.1 Å². The quantitative estimate of drug-likeness (QED) is 0.343. The minimum Gasteiger partial charge on any atom is -0.493 e. The largest absolute Gasteiger partial charge is 0.493 e. The number of methoxy groups -OCH3 is 2. The Labute approximate surface area is 180 Å². The van der Waals surface area contributed by atoms with Crippen LogP contribution in [0, 0.1) is 5.92 Å².